The Hall–Kier alpha value is -3.71. The Balaban J connectivity index is 1.34. The summed E-state index contributed by atoms with van der Waals surface area (Å²) >= 11 is 0. The van der Waals surface area contributed by atoms with Gasteiger partial charge in [-0.3, -0.25) is 14.3 Å². The van der Waals surface area contributed by atoms with Crippen molar-refractivity contribution >= 4 is 5.91 Å². The van der Waals surface area contributed by atoms with Gasteiger partial charge < -0.3 is 14.6 Å². The first-order valence-electron chi connectivity index (χ1n) is 12.7. The highest BCUT2D eigenvalue weighted by Crippen LogP contribution is 2.38. The predicted octanol–water partition coefficient (Wildman–Crippen LogP) is 3.77. The van der Waals surface area contributed by atoms with Gasteiger partial charge in [0.25, 0.3) is 0 Å². The van der Waals surface area contributed by atoms with E-state index in [0.29, 0.717) is 38.8 Å². The van der Waals surface area contributed by atoms with Crippen LogP contribution in [0.15, 0.2) is 29.2 Å². The fourth-order valence-corrected chi connectivity index (χ4v) is 5.69. The molecule has 0 aliphatic carbocycles. The summed E-state index contributed by atoms with van der Waals surface area (Å²) in [6, 6.07) is 3.57. The number of fused-ring (bicyclic) bond motifs is 1. The number of amides is 1. The van der Waals surface area contributed by atoms with E-state index in [2.05, 4.69) is 15.2 Å². The SMILES string of the molecule is O=C(C[C@@H]1CC[C@H](c2cccc(F)c2F)Cn2c(CC(F)(F)F)nnc21)N1CCC(n2cc(O)[nH]c2=O)CC1. The molecule has 0 spiro atoms. The van der Waals surface area contributed by atoms with Crippen molar-refractivity contribution in [3.63, 3.8) is 0 Å². The van der Waals surface area contributed by atoms with E-state index in [9.17, 15) is 36.6 Å². The standard InChI is InChI=1S/C25H27F5N6O3/c26-18-3-1-2-17(22(18)27)15-5-4-14(23-33-32-19(36(23)12-15)11-25(28,29)30)10-21(38)34-8-6-16(7-9-34)35-13-20(37)31-24(35)39/h1-3,13-16,37H,4-12H2,(H,31,39)/t14-,15-/m0/s1. The number of rotatable bonds is 5. The van der Waals surface area contributed by atoms with Crippen LogP contribution in [0.2, 0.25) is 0 Å². The average Bonchev–Trinajstić information content (AvgIpc) is 3.36. The summed E-state index contributed by atoms with van der Waals surface area (Å²) in [6.45, 7) is 0.651. The molecule has 1 aromatic carbocycles. The normalized spacial score (nSPS) is 20.6. The lowest BCUT2D eigenvalue weighted by Crippen LogP contribution is -2.40. The summed E-state index contributed by atoms with van der Waals surface area (Å²) in [6.07, 6.45) is -2.98. The van der Waals surface area contributed by atoms with Crippen LogP contribution in [-0.4, -0.2) is 59.5 Å². The van der Waals surface area contributed by atoms with Crippen LogP contribution >= 0.6 is 0 Å². The number of piperidine rings is 1. The van der Waals surface area contributed by atoms with E-state index in [4.69, 9.17) is 0 Å². The number of carbonyl (C=O) groups excluding carboxylic acids is 1. The zero-order chi connectivity index (χ0) is 27.9. The van der Waals surface area contributed by atoms with Crippen LogP contribution in [0.1, 0.15) is 67.2 Å². The molecule has 0 bridgehead atoms. The van der Waals surface area contributed by atoms with Crippen molar-refractivity contribution in [1.82, 2.24) is 29.2 Å². The topological polar surface area (TPSA) is 109 Å². The molecule has 210 valence electrons. The van der Waals surface area contributed by atoms with Crippen LogP contribution in [0.4, 0.5) is 22.0 Å². The van der Waals surface area contributed by atoms with E-state index in [1.165, 1.54) is 27.5 Å². The number of halogens is 5. The highest BCUT2D eigenvalue weighted by Gasteiger charge is 2.37. The van der Waals surface area contributed by atoms with Gasteiger partial charge in [-0.05, 0) is 37.3 Å². The average molecular weight is 555 g/mol. The second-order valence-electron chi connectivity index (χ2n) is 10.2. The number of carbonyl (C=O) groups is 1. The lowest BCUT2D eigenvalue weighted by Gasteiger charge is -2.33. The number of aromatic hydroxyl groups is 1. The van der Waals surface area contributed by atoms with Crippen LogP contribution in [0.3, 0.4) is 0 Å². The molecule has 39 heavy (non-hydrogen) atoms. The van der Waals surface area contributed by atoms with Gasteiger partial charge in [0.05, 0.1) is 6.20 Å². The number of nitrogens with one attached hydrogen (secondary N) is 1. The zero-order valence-corrected chi connectivity index (χ0v) is 20.8. The Morgan fingerprint density at radius 1 is 1.10 bits per heavy atom. The number of likely N-dealkylation sites (tertiary alicyclic amines) is 1. The van der Waals surface area contributed by atoms with Crippen molar-refractivity contribution in [2.75, 3.05) is 13.1 Å². The number of hydrogen-bond acceptors (Lipinski definition) is 5. The molecule has 0 radical (unpaired) electrons. The van der Waals surface area contributed by atoms with E-state index in [-0.39, 0.29) is 48.0 Å². The van der Waals surface area contributed by atoms with Crippen molar-refractivity contribution in [3.8, 4) is 5.88 Å². The van der Waals surface area contributed by atoms with Gasteiger partial charge in [-0.25, -0.2) is 13.6 Å². The molecule has 0 saturated carbocycles. The van der Waals surface area contributed by atoms with Crippen LogP contribution in [0.25, 0.3) is 0 Å². The molecule has 2 aliphatic rings. The third-order valence-corrected chi connectivity index (χ3v) is 7.63. The van der Waals surface area contributed by atoms with Gasteiger partial charge in [-0.2, -0.15) is 13.2 Å². The summed E-state index contributed by atoms with van der Waals surface area (Å²) < 4.78 is 71.1. The number of alkyl halides is 3. The molecule has 9 nitrogen and oxygen atoms in total. The Labute approximate surface area is 219 Å². The van der Waals surface area contributed by atoms with E-state index in [0.717, 1.165) is 6.07 Å². The van der Waals surface area contributed by atoms with Gasteiger partial charge in [0.15, 0.2) is 11.6 Å². The molecule has 2 N–H and O–H groups in total. The number of hydrogen-bond donors (Lipinski definition) is 2. The van der Waals surface area contributed by atoms with E-state index in [1.807, 2.05) is 0 Å². The molecule has 1 saturated heterocycles. The Morgan fingerprint density at radius 2 is 1.85 bits per heavy atom. The second-order valence-corrected chi connectivity index (χ2v) is 10.2. The number of imidazole rings is 1. The minimum atomic E-state index is -4.55. The van der Waals surface area contributed by atoms with Crippen molar-refractivity contribution in [2.24, 2.45) is 0 Å². The molecule has 2 aromatic heterocycles. The van der Waals surface area contributed by atoms with Crippen molar-refractivity contribution in [2.45, 2.75) is 69.1 Å². The summed E-state index contributed by atoms with van der Waals surface area (Å²) in [5, 5.41) is 17.3. The van der Waals surface area contributed by atoms with Crippen LogP contribution in [-0.2, 0) is 17.8 Å². The fraction of sp³-hybridized carbons (Fsp3) is 0.520. The minimum absolute atomic E-state index is 0.0297. The predicted molar refractivity (Wildman–Crippen MR) is 127 cm³/mol. The number of aromatic nitrogens is 5. The first-order chi connectivity index (χ1) is 18.5. The number of benzene rings is 1. The van der Waals surface area contributed by atoms with Crippen molar-refractivity contribution < 1.29 is 31.9 Å². The van der Waals surface area contributed by atoms with Crippen LogP contribution < -0.4 is 5.69 Å². The maximum Gasteiger partial charge on any atom is 0.396 e. The Kier molecular flexibility index (Phi) is 7.21. The lowest BCUT2D eigenvalue weighted by molar-refractivity contribution is -0.133. The minimum Gasteiger partial charge on any atom is -0.493 e. The number of H-pyrrole nitrogens is 1. The van der Waals surface area contributed by atoms with E-state index in [1.54, 1.807) is 4.90 Å². The molecule has 4 heterocycles. The van der Waals surface area contributed by atoms with Gasteiger partial charge in [-0.15, -0.1) is 10.2 Å². The molecular formula is C25H27F5N6O3. The summed E-state index contributed by atoms with van der Waals surface area (Å²) in [5.41, 5.74) is -0.373. The van der Waals surface area contributed by atoms with Crippen molar-refractivity contribution in [3.05, 3.63) is 63.7 Å². The molecule has 14 heteroatoms. The van der Waals surface area contributed by atoms with Gasteiger partial charge in [-0.1, -0.05) is 12.1 Å². The maximum atomic E-state index is 14.6. The molecule has 2 atom stereocenters. The number of nitrogens with zero attached hydrogens (tertiary/aromatic N) is 5. The molecule has 1 amide bonds. The van der Waals surface area contributed by atoms with Crippen LogP contribution in [0.5, 0.6) is 5.88 Å². The Bertz CT molecular complexity index is 1410. The highest BCUT2D eigenvalue weighted by molar-refractivity contribution is 5.77. The van der Waals surface area contributed by atoms with Gasteiger partial charge in [0.2, 0.25) is 11.8 Å². The van der Waals surface area contributed by atoms with Gasteiger partial charge in [0, 0.05) is 43.9 Å². The summed E-state index contributed by atoms with van der Waals surface area (Å²) in [7, 11) is 0. The smallest absolute Gasteiger partial charge is 0.396 e. The second kappa shape index (κ2) is 10.5. The molecule has 0 unspecified atom stereocenters. The fourth-order valence-electron chi connectivity index (χ4n) is 5.69. The zero-order valence-electron chi connectivity index (χ0n) is 20.8. The summed E-state index contributed by atoms with van der Waals surface area (Å²) in [4.78, 5) is 29.2. The quantitative estimate of drug-likeness (QED) is 0.467. The summed E-state index contributed by atoms with van der Waals surface area (Å²) in [5.74, 6) is -3.83. The molecule has 3 aromatic rings. The monoisotopic (exact) mass is 554 g/mol. The number of aromatic amines is 1. The first kappa shape index (κ1) is 26.9. The van der Waals surface area contributed by atoms with Crippen LogP contribution in [0, 0.1) is 11.6 Å². The lowest BCUT2D eigenvalue weighted by atomic mass is 9.89. The van der Waals surface area contributed by atoms with E-state index >= 15 is 0 Å². The Morgan fingerprint density at radius 3 is 2.51 bits per heavy atom. The molecule has 5 rings (SSSR count). The highest BCUT2D eigenvalue weighted by atomic mass is 19.4. The van der Waals surface area contributed by atoms with Crippen molar-refractivity contribution in [1.29, 1.82) is 0 Å². The maximum absolute atomic E-state index is 14.6. The molecule has 1 fully saturated rings. The largest absolute Gasteiger partial charge is 0.493 e. The van der Waals surface area contributed by atoms with E-state index < -0.39 is 41.8 Å². The van der Waals surface area contributed by atoms with Gasteiger partial charge >= 0.3 is 11.9 Å². The third-order valence-electron chi connectivity index (χ3n) is 7.63. The first-order valence-corrected chi connectivity index (χ1v) is 12.7. The van der Waals surface area contributed by atoms with Gasteiger partial charge in [0.1, 0.15) is 18.1 Å². The molecular weight excluding hydrogens is 527 g/mol. The third kappa shape index (κ3) is 5.69. The molecule has 2 aliphatic heterocycles.